The van der Waals surface area contributed by atoms with E-state index in [1.807, 2.05) is 0 Å². The van der Waals surface area contributed by atoms with Gasteiger partial charge in [-0.05, 0) is 54.8 Å². The third kappa shape index (κ3) is 0.414. The molecule has 4 bridgehead atoms. The Morgan fingerprint density at radius 2 is 2.17 bits per heavy atom. The van der Waals surface area contributed by atoms with E-state index in [2.05, 4.69) is 0 Å². The average molecular weight is 164 g/mol. The molecule has 5 fully saturated rings. The molecule has 1 nitrogen and oxygen atoms in total. The van der Waals surface area contributed by atoms with Crippen molar-refractivity contribution in [2.45, 2.75) is 38.2 Å². The maximum absolute atomic E-state index is 10.0. The molecule has 5 saturated carbocycles. The first-order chi connectivity index (χ1) is 5.83. The van der Waals surface area contributed by atoms with Crippen molar-refractivity contribution >= 4 is 0 Å². The lowest BCUT2D eigenvalue weighted by Gasteiger charge is -2.29. The van der Waals surface area contributed by atoms with Gasteiger partial charge in [0.2, 0.25) is 0 Å². The zero-order chi connectivity index (χ0) is 7.92. The average Bonchev–Trinajstić information content (AvgIpc) is 2.69. The van der Waals surface area contributed by atoms with Crippen molar-refractivity contribution in [1.29, 1.82) is 0 Å². The lowest BCUT2D eigenvalue weighted by atomic mass is 9.76. The summed E-state index contributed by atoms with van der Waals surface area (Å²) in [7, 11) is 0. The zero-order valence-corrected chi connectivity index (χ0v) is 7.37. The highest BCUT2D eigenvalue weighted by Crippen LogP contribution is 2.77. The van der Waals surface area contributed by atoms with E-state index in [4.69, 9.17) is 0 Å². The molecule has 1 heteroatoms. The molecule has 0 radical (unpaired) electrons. The quantitative estimate of drug-likeness (QED) is 0.579. The second-order valence-electron chi connectivity index (χ2n) is 5.61. The molecule has 0 aromatic carbocycles. The lowest BCUT2D eigenvalue weighted by Crippen LogP contribution is -2.26. The highest BCUT2D eigenvalue weighted by Gasteiger charge is 2.73. The summed E-state index contributed by atoms with van der Waals surface area (Å²) < 4.78 is 0. The fourth-order valence-corrected chi connectivity index (χ4v) is 5.58. The van der Waals surface area contributed by atoms with E-state index in [9.17, 15) is 5.11 Å². The summed E-state index contributed by atoms with van der Waals surface area (Å²) in [5, 5.41) is 10.0. The van der Waals surface area contributed by atoms with E-state index in [-0.39, 0.29) is 6.10 Å². The number of rotatable bonds is 0. The third-order valence-corrected chi connectivity index (χ3v) is 5.65. The van der Waals surface area contributed by atoms with Crippen LogP contribution in [0.3, 0.4) is 0 Å². The summed E-state index contributed by atoms with van der Waals surface area (Å²) in [5.41, 5.74) is 0.675. The first-order valence-corrected chi connectivity index (χ1v) is 5.51. The topological polar surface area (TPSA) is 20.2 Å². The minimum atomic E-state index is 0.119. The maximum atomic E-state index is 10.0. The van der Waals surface area contributed by atoms with Crippen LogP contribution in [0, 0.1) is 29.1 Å². The number of aliphatic hydroxyl groups is 1. The molecule has 5 aliphatic rings. The van der Waals surface area contributed by atoms with Gasteiger partial charge in [0.15, 0.2) is 0 Å². The van der Waals surface area contributed by atoms with Crippen LogP contribution in [0.2, 0.25) is 0 Å². The van der Waals surface area contributed by atoms with Crippen LogP contribution in [0.4, 0.5) is 0 Å². The van der Waals surface area contributed by atoms with E-state index < -0.39 is 0 Å². The minimum absolute atomic E-state index is 0.119. The van der Waals surface area contributed by atoms with Crippen LogP contribution < -0.4 is 0 Å². The molecule has 0 amide bonds. The van der Waals surface area contributed by atoms with Crippen molar-refractivity contribution in [3.8, 4) is 0 Å². The Morgan fingerprint density at radius 3 is 2.92 bits per heavy atom. The molecule has 0 unspecified atom stereocenters. The van der Waals surface area contributed by atoms with Gasteiger partial charge in [-0.1, -0.05) is 6.42 Å². The molecule has 0 heterocycles. The van der Waals surface area contributed by atoms with Crippen molar-refractivity contribution in [3.63, 3.8) is 0 Å². The highest BCUT2D eigenvalue weighted by atomic mass is 16.3. The Kier molecular flexibility index (Phi) is 0.863. The Bertz CT molecular complexity index is 241. The Labute approximate surface area is 73.2 Å². The predicted octanol–water partition coefficient (Wildman–Crippen LogP) is 1.80. The van der Waals surface area contributed by atoms with Gasteiger partial charge in [-0.3, -0.25) is 0 Å². The standard InChI is InChI=1S/C11H16O/c12-10-8-4-6-5-11(8)3-1-2-7(11)9(6)10/h6-10,12H,1-5H2/t6-,7+,8-,9+,10-,11+/m0/s1. The van der Waals surface area contributed by atoms with E-state index in [1.54, 1.807) is 0 Å². The fourth-order valence-electron chi connectivity index (χ4n) is 5.58. The molecular weight excluding hydrogens is 148 g/mol. The van der Waals surface area contributed by atoms with Crippen LogP contribution in [0.1, 0.15) is 32.1 Å². The third-order valence-electron chi connectivity index (χ3n) is 5.65. The molecule has 0 saturated heterocycles. The number of hydrogen-bond donors (Lipinski definition) is 1. The summed E-state index contributed by atoms with van der Waals surface area (Å²) in [4.78, 5) is 0. The largest absolute Gasteiger partial charge is 0.393 e. The van der Waals surface area contributed by atoms with E-state index in [0.717, 1.165) is 23.7 Å². The van der Waals surface area contributed by atoms with Crippen LogP contribution in [-0.4, -0.2) is 11.2 Å². The molecule has 1 N–H and O–H groups in total. The maximum Gasteiger partial charge on any atom is 0.0607 e. The molecule has 5 rings (SSSR count). The molecule has 0 aromatic heterocycles. The van der Waals surface area contributed by atoms with Crippen LogP contribution in [0.5, 0.6) is 0 Å². The van der Waals surface area contributed by atoms with Gasteiger partial charge < -0.3 is 5.11 Å². The number of aliphatic hydroxyl groups excluding tert-OH is 1. The van der Waals surface area contributed by atoms with Crippen LogP contribution in [0.25, 0.3) is 0 Å². The summed E-state index contributed by atoms with van der Waals surface area (Å²) >= 11 is 0. The van der Waals surface area contributed by atoms with Gasteiger partial charge in [0.05, 0.1) is 6.10 Å². The van der Waals surface area contributed by atoms with Crippen LogP contribution >= 0.6 is 0 Å². The molecule has 1 spiro atoms. The second kappa shape index (κ2) is 1.61. The molecule has 0 aromatic rings. The van der Waals surface area contributed by atoms with Gasteiger partial charge in [0.25, 0.3) is 0 Å². The zero-order valence-electron chi connectivity index (χ0n) is 7.37. The second-order valence-corrected chi connectivity index (χ2v) is 5.61. The van der Waals surface area contributed by atoms with E-state index >= 15 is 0 Å². The molecular formula is C11H16O. The van der Waals surface area contributed by atoms with Gasteiger partial charge in [-0.2, -0.15) is 0 Å². The summed E-state index contributed by atoms with van der Waals surface area (Å²) in [6, 6.07) is 0. The summed E-state index contributed by atoms with van der Waals surface area (Å²) in [6.45, 7) is 0. The van der Waals surface area contributed by atoms with Crippen molar-refractivity contribution in [2.24, 2.45) is 29.1 Å². The van der Waals surface area contributed by atoms with Crippen molar-refractivity contribution in [1.82, 2.24) is 0 Å². The molecule has 12 heavy (non-hydrogen) atoms. The van der Waals surface area contributed by atoms with Crippen molar-refractivity contribution < 1.29 is 5.11 Å². The van der Waals surface area contributed by atoms with Gasteiger partial charge >= 0.3 is 0 Å². The van der Waals surface area contributed by atoms with Gasteiger partial charge in [-0.25, -0.2) is 0 Å². The highest BCUT2D eigenvalue weighted by molar-refractivity contribution is 5.22. The monoisotopic (exact) mass is 164 g/mol. The van der Waals surface area contributed by atoms with E-state index in [1.165, 1.54) is 32.1 Å². The summed E-state index contributed by atoms with van der Waals surface area (Å²) in [5.74, 6) is 3.38. The molecule has 6 atom stereocenters. The first kappa shape index (κ1) is 6.42. The van der Waals surface area contributed by atoms with Crippen LogP contribution in [-0.2, 0) is 0 Å². The van der Waals surface area contributed by atoms with Crippen LogP contribution in [0.15, 0.2) is 0 Å². The van der Waals surface area contributed by atoms with E-state index in [0.29, 0.717) is 5.41 Å². The van der Waals surface area contributed by atoms with Gasteiger partial charge in [0.1, 0.15) is 0 Å². The van der Waals surface area contributed by atoms with Crippen molar-refractivity contribution in [3.05, 3.63) is 0 Å². The fraction of sp³-hybridized carbons (Fsp3) is 1.00. The predicted molar refractivity (Wildman–Crippen MR) is 45.5 cm³/mol. The Balaban J connectivity index is 1.92. The van der Waals surface area contributed by atoms with Crippen molar-refractivity contribution in [2.75, 3.05) is 0 Å². The van der Waals surface area contributed by atoms with Gasteiger partial charge in [0, 0.05) is 0 Å². The molecule has 66 valence electrons. The number of hydrogen-bond acceptors (Lipinski definition) is 1. The Morgan fingerprint density at radius 1 is 1.25 bits per heavy atom. The first-order valence-electron chi connectivity index (χ1n) is 5.51. The summed E-state index contributed by atoms with van der Waals surface area (Å²) in [6.07, 6.45) is 7.33. The molecule has 5 aliphatic carbocycles. The molecule has 0 aliphatic heterocycles. The van der Waals surface area contributed by atoms with Gasteiger partial charge in [-0.15, -0.1) is 0 Å². The Hall–Kier alpha value is -0.0400. The smallest absolute Gasteiger partial charge is 0.0607 e. The normalized spacial score (nSPS) is 71.2. The SMILES string of the molecule is O[C@@H]1[C@@H]2[C@H]3C[C@@H]1[C@]1(CCC[C@H]21)C3. The lowest BCUT2D eigenvalue weighted by molar-refractivity contribution is 0.0730. The minimum Gasteiger partial charge on any atom is -0.393 e.